The second-order valence-electron chi connectivity index (χ2n) is 4.55. The fourth-order valence-electron chi connectivity index (χ4n) is 1.89. The molecule has 0 saturated heterocycles. The summed E-state index contributed by atoms with van der Waals surface area (Å²) in [5.41, 5.74) is 1.42. The Bertz CT molecular complexity index is 658. The summed E-state index contributed by atoms with van der Waals surface area (Å²) >= 11 is 5.17. The maximum atomic E-state index is 12.2. The number of hydrogen-bond acceptors (Lipinski definition) is 2. The van der Waals surface area contributed by atoms with Gasteiger partial charge in [0.05, 0.1) is 5.69 Å². The van der Waals surface area contributed by atoms with Crippen LogP contribution in [0.3, 0.4) is 0 Å². The number of nitrogens with one attached hydrogen (secondary N) is 1. The van der Waals surface area contributed by atoms with E-state index < -0.39 is 6.36 Å². The van der Waals surface area contributed by atoms with Gasteiger partial charge in [0.1, 0.15) is 5.75 Å². The molecule has 7 heteroatoms. The van der Waals surface area contributed by atoms with E-state index in [4.69, 9.17) is 12.2 Å². The van der Waals surface area contributed by atoms with Gasteiger partial charge < -0.3 is 9.72 Å². The van der Waals surface area contributed by atoms with Gasteiger partial charge in [-0.25, -0.2) is 0 Å². The molecule has 3 nitrogen and oxygen atoms in total. The number of H-pyrrole nitrogens is 1. The largest absolute Gasteiger partial charge is 0.573 e. The maximum Gasteiger partial charge on any atom is 0.573 e. The van der Waals surface area contributed by atoms with Crippen molar-refractivity contribution in [2.75, 3.05) is 0 Å². The fourth-order valence-corrected chi connectivity index (χ4v) is 2.16. The predicted octanol–water partition coefficient (Wildman–Crippen LogP) is 4.56. The summed E-state index contributed by atoms with van der Waals surface area (Å²) in [4.78, 5) is 2.90. The smallest absolute Gasteiger partial charge is 0.406 e. The van der Waals surface area contributed by atoms with E-state index in [0.717, 1.165) is 5.69 Å². The van der Waals surface area contributed by atoms with Crippen LogP contribution in [-0.2, 0) is 0 Å². The van der Waals surface area contributed by atoms with Gasteiger partial charge in [0.15, 0.2) is 4.77 Å². The third kappa shape index (κ3) is 3.22. The Hall–Kier alpha value is -1.76. The van der Waals surface area contributed by atoms with Crippen LogP contribution in [0.2, 0.25) is 0 Å². The zero-order valence-electron chi connectivity index (χ0n) is 10.9. The molecule has 0 aliphatic carbocycles. The molecule has 1 aromatic heterocycles. The molecule has 1 N–H and O–H groups in total. The van der Waals surface area contributed by atoms with Gasteiger partial charge in [0, 0.05) is 18.0 Å². The monoisotopic (exact) mass is 302 g/mol. The quantitative estimate of drug-likeness (QED) is 0.843. The lowest BCUT2D eigenvalue weighted by Gasteiger charge is -2.13. The number of halogens is 3. The molecular formula is C13H13F3N2OS. The van der Waals surface area contributed by atoms with Gasteiger partial charge >= 0.3 is 6.36 Å². The van der Waals surface area contributed by atoms with Crippen LogP contribution < -0.4 is 4.74 Å². The Balaban J connectivity index is 2.47. The SMILES string of the molecule is CC(C)c1c[nH]c(=S)n1-c1cccc(OC(F)(F)F)c1. The second kappa shape index (κ2) is 5.32. The summed E-state index contributed by atoms with van der Waals surface area (Å²) in [6.07, 6.45) is -2.95. The van der Waals surface area contributed by atoms with Gasteiger partial charge in [-0.1, -0.05) is 19.9 Å². The zero-order chi connectivity index (χ0) is 14.9. The average Bonchev–Trinajstić information content (AvgIpc) is 2.69. The molecule has 0 aliphatic rings. The minimum Gasteiger partial charge on any atom is -0.406 e. The average molecular weight is 302 g/mol. The van der Waals surface area contributed by atoms with E-state index in [2.05, 4.69) is 9.72 Å². The van der Waals surface area contributed by atoms with Crippen LogP contribution in [0.5, 0.6) is 5.75 Å². The Labute approximate surface area is 119 Å². The van der Waals surface area contributed by atoms with E-state index in [1.165, 1.54) is 18.2 Å². The first-order chi connectivity index (χ1) is 9.28. The number of rotatable bonds is 3. The minimum absolute atomic E-state index is 0.176. The molecule has 0 fully saturated rings. The number of aromatic nitrogens is 2. The molecule has 1 aromatic carbocycles. The highest BCUT2D eigenvalue weighted by Gasteiger charge is 2.31. The van der Waals surface area contributed by atoms with Crippen molar-refractivity contribution in [3.63, 3.8) is 0 Å². The molecule has 0 radical (unpaired) electrons. The Kier molecular flexibility index (Phi) is 3.89. The normalized spacial score (nSPS) is 11.9. The number of alkyl halides is 3. The number of aromatic amines is 1. The van der Waals surface area contributed by atoms with E-state index in [-0.39, 0.29) is 11.7 Å². The molecule has 20 heavy (non-hydrogen) atoms. The number of hydrogen-bond donors (Lipinski definition) is 1. The zero-order valence-corrected chi connectivity index (χ0v) is 11.7. The molecule has 0 amide bonds. The summed E-state index contributed by atoms with van der Waals surface area (Å²) in [6.45, 7) is 3.95. The first-order valence-electron chi connectivity index (χ1n) is 5.94. The van der Waals surface area contributed by atoms with E-state index >= 15 is 0 Å². The molecule has 0 saturated carbocycles. The van der Waals surface area contributed by atoms with Gasteiger partial charge in [-0.3, -0.25) is 4.57 Å². The van der Waals surface area contributed by atoms with Crippen LogP contribution in [0.15, 0.2) is 30.5 Å². The fraction of sp³-hybridized carbons (Fsp3) is 0.308. The van der Waals surface area contributed by atoms with Crippen LogP contribution >= 0.6 is 12.2 Å². The highest BCUT2D eigenvalue weighted by Crippen LogP contribution is 2.26. The molecule has 2 aromatic rings. The van der Waals surface area contributed by atoms with E-state index in [1.54, 1.807) is 16.8 Å². The van der Waals surface area contributed by atoms with Crippen molar-refractivity contribution >= 4 is 12.2 Å². The second-order valence-corrected chi connectivity index (χ2v) is 4.94. The first-order valence-corrected chi connectivity index (χ1v) is 6.35. The topological polar surface area (TPSA) is 29.9 Å². The Morgan fingerprint density at radius 3 is 2.60 bits per heavy atom. The highest BCUT2D eigenvalue weighted by molar-refractivity contribution is 7.71. The summed E-state index contributed by atoms with van der Waals surface area (Å²) in [5, 5.41) is 0. The van der Waals surface area contributed by atoms with E-state index in [9.17, 15) is 13.2 Å². The summed E-state index contributed by atoms with van der Waals surface area (Å²) in [7, 11) is 0. The lowest BCUT2D eigenvalue weighted by Crippen LogP contribution is -2.17. The number of ether oxygens (including phenoxy) is 1. The highest BCUT2D eigenvalue weighted by atomic mass is 32.1. The predicted molar refractivity (Wildman–Crippen MR) is 71.7 cm³/mol. The van der Waals surface area contributed by atoms with Gasteiger partial charge in [0.2, 0.25) is 0 Å². The maximum absolute atomic E-state index is 12.2. The van der Waals surface area contributed by atoms with Crippen molar-refractivity contribution in [2.24, 2.45) is 0 Å². The summed E-state index contributed by atoms with van der Waals surface area (Å²) < 4.78 is 42.8. The van der Waals surface area contributed by atoms with Gasteiger partial charge in [-0.05, 0) is 30.3 Å². The van der Waals surface area contributed by atoms with Gasteiger partial charge in [-0.2, -0.15) is 0 Å². The lowest BCUT2D eigenvalue weighted by molar-refractivity contribution is -0.274. The standard InChI is InChI=1S/C13H13F3N2OS/c1-8(2)11-7-17-12(20)18(11)9-4-3-5-10(6-9)19-13(14,15)16/h3-8H,1-2H3,(H,17,20). The molecule has 0 spiro atoms. The number of nitrogens with zero attached hydrogens (tertiary/aromatic N) is 1. The molecule has 1 heterocycles. The van der Waals surface area contributed by atoms with Crippen molar-refractivity contribution in [3.05, 3.63) is 40.9 Å². The van der Waals surface area contributed by atoms with E-state index in [1.807, 2.05) is 13.8 Å². The number of imidazole rings is 1. The number of benzene rings is 1. The van der Waals surface area contributed by atoms with Crippen LogP contribution in [0.4, 0.5) is 13.2 Å². The lowest BCUT2D eigenvalue weighted by atomic mass is 10.1. The molecule has 0 unspecified atom stereocenters. The van der Waals surface area contributed by atoms with Crippen molar-refractivity contribution in [3.8, 4) is 11.4 Å². The van der Waals surface area contributed by atoms with Crippen LogP contribution in [0.1, 0.15) is 25.5 Å². The third-order valence-electron chi connectivity index (χ3n) is 2.71. The van der Waals surface area contributed by atoms with Crippen LogP contribution in [-0.4, -0.2) is 15.9 Å². The van der Waals surface area contributed by atoms with Crippen molar-refractivity contribution in [1.29, 1.82) is 0 Å². The molecule has 108 valence electrons. The van der Waals surface area contributed by atoms with Crippen LogP contribution in [0, 0.1) is 4.77 Å². The van der Waals surface area contributed by atoms with Crippen molar-refractivity contribution < 1.29 is 17.9 Å². The first kappa shape index (κ1) is 14.6. The minimum atomic E-state index is -4.71. The van der Waals surface area contributed by atoms with Crippen molar-refractivity contribution in [2.45, 2.75) is 26.1 Å². The van der Waals surface area contributed by atoms with Gasteiger partial charge in [-0.15, -0.1) is 13.2 Å². The molecule has 0 aliphatic heterocycles. The molecule has 2 rings (SSSR count). The summed E-state index contributed by atoms with van der Waals surface area (Å²) in [6, 6.07) is 5.74. The molecule has 0 bridgehead atoms. The van der Waals surface area contributed by atoms with Gasteiger partial charge in [0.25, 0.3) is 0 Å². The Morgan fingerprint density at radius 2 is 2.00 bits per heavy atom. The summed E-state index contributed by atoms with van der Waals surface area (Å²) in [5.74, 6) is -0.0945. The molecular weight excluding hydrogens is 289 g/mol. The van der Waals surface area contributed by atoms with Crippen LogP contribution in [0.25, 0.3) is 5.69 Å². The third-order valence-corrected chi connectivity index (χ3v) is 3.01. The molecule has 0 atom stereocenters. The van der Waals surface area contributed by atoms with Crippen molar-refractivity contribution in [1.82, 2.24) is 9.55 Å². The Morgan fingerprint density at radius 1 is 1.30 bits per heavy atom. The van der Waals surface area contributed by atoms with E-state index in [0.29, 0.717) is 10.5 Å².